The normalized spacial score (nSPS) is 35.4. The molecule has 4 amide bonds. The Labute approximate surface area is 450 Å². The summed E-state index contributed by atoms with van der Waals surface area (Å²) in [6.45, 7) is 1.48. The zero-order chi connectivity index (χ0) is 57.4. The number of amides is 4. The maximum absolute atomic E-state index is 14.0. The topological polar surface area (TPSA) is 436 Å². The van der Waals surface area contributed by atoms with Gasteiger partial charge in [0.1, 0.15) is 103 Å². The molecule has 0 aromatic heterocycles. The van der Waals surface area contributed by atoms with E-state index < -0.39 is 183 Å². The number of hydrogen-bond donors (Lipinski definition) is 14. The molecular formula is C48H76N4O25S. The number of benzene rings is 1. The number of aliphatic hydroxyl groups excluding tert-OH is 9. The number of carbonyl (C=O) groups is 4. The lowest BCUT2D eigenvalue weighted by atomic mass is 9.93. The summed E-state index contributed by atoms with van der Waals surface area (Å²) in [4.78, 5) is 51.3. The molecule has 0 saturated carbocycles. The number of nitrogens with one attached hydrogen (secondary N) is 4. The van der Waals surface area contributed by atoms with Gasteiger partial charge >= 0.3 is 10.4 Å². The van der Waals surface area contributed by atoms with Crippen LogP contribution in [0.1, 0.15) is 83.0 Å². The highest BCUT2D eigenvalue weighted by atomic mass is 32.3. The molecule has 4 aliphatic heterocycles. The predicted molar refractivity (Wildman–Crippen MR) is 263 cm³/mol. The van der Waals surface area contributed by atoms with E-state index in [1.54, 1.807) is 18.2 Å². The van der Waals surface area contributed by atoms with Crippen LogP contribution in [0.2, 0.25) is 0 Å². The molecule has 30 heteroatoms. The molecule has 0 bridgehead atoms. The van der Waals surface area contributed by atoms with E-state index in [0.717, 1.165) is 46.5 Å². The van der Waals surface area contributed by atoms with Crippen molar-refractivity contribution in [3.05, 3.63) is 42.0 Å². The van der Waals surface area contributed by atoms with E-state index in [2.05, 4.69) is 44.5 Å². The first kappa shape index (κ1) is 64.7. The highest BCUT2D eigenvalue weighted by Crippen LogP contribution is 2.35. The lowest BCUT2D eigenvalue weighted by Gasteiger charge is -2.51. The zero-order valence-corrected chi connectivity index (χ0v) is 44.3. The monoisotopic (exact) mass is 1140 g/mol. The Morgan fingerprint density at radius 3 is 1.54 bits per heavy atom. The minimum absolute atomic E-state index is 0.0212. The lowest BCUT2D eigenvalue weighted by Crippen LogP contribution is -2.71. The van der Waals surface area contributed by atoms with Crippen LogP contribution in [0, 0.1) is 0 Å². The van der Waals surface area contributed by atoms with Gasteiger partial charge in [0.25, 0.3) is 5.91 Å². The summed E-state index contributed by atoms with van der Waals surface area (Å²) >= 11 is 0. The smallest absolute Gasteiger partial charge is 0.397 e. The highest BCUT2D eigenvalue weighted by Gasteiger charge is 2.56. The Balaban J connectivity index is 1.36. The molecule has 20 atom stereocenters. The zero-order valence-electron chi connectivity index (χ0n) is 43.5. The first-order valence-electron chi connectivity index (χ1n) is 25.6. The van der Waals surface area contributed by atoms with Gasteiger partial charge in [-0.1, -0.05) is 50.5 Å². The Kier molecular flexibility index (Phi) is 25.4. The molecule has 0 spiro atoms. The molecule has 78 heavy (non-hydrogen) atoms. The van der Waals surface area contributed by atoms with Crippen LogP contribution in [0.3, 0.4) is 0 Å². The fourth-order valence-electron chi connectivity index (χ4n) is 9.39. The minimum atomic E-state index is -5.16. The van der Waals surface area contributed by atoms with Gasteiger partial charge in [-0.25, -0.2) is 4.18 Å². The van der Waals surface area contributed by atoms with Crippen LogP contribution >= 0.6 is 0 Å². The Bertz CT molecular complexity index is 2220. The molecule has 10 unspecified atom stereocenters. The van der Waals surface area contributed by atoms with Crippen molar-refractivity contribution in [2.75, 3.05) is 33.0 Å². The van der Waals surface area contributed by atoms with Crippen molar-refractivity contribution in [2.24, 2.45) is 0 Å². The van der Waals surface area contributed by atoms with E-state index in [1.165, 1.54) is 18.9 Å². The summed E-state index contributed by atoms with van der Waals surface area (Å²) in [5.41, 5.74) is 0.0212. The first-order chi connectivity index (χ1) is 37.0. The standard InChI is InChI=1S/C48H76N4O25S/c1-5-6-7-8-9-10-11-12-15-18-69-27-17-14-13-16-26(27)44(64)52-33-37(60)36(59)28(19-53)72-46(33)75-41-29(20-54)73-47(34(39(41)62)50-24(3)57)76-42-30(21-55)74-48(35(40(42)63)51-25(4)58)77-43-31(22-70-78(66,67)68)71-45(65)32(38(43)61)49-23(2)56/h10-11,13-14,16-17,28-43,45-48,53-55,59-63,65H,5-9,12,15,18-22H2,1-4H3,(H,49,56)(H,50,57)(H,51,58)(H,52,64)(H,66,67,68)/b11-10-/t28?,29?,30?,31?,32?,33?,34?,35?,36-,37-,38?,39?,40-,41-,42-,43-,45-,46+,47+,48+/m1/s1. The molecule has 4 fully saturated rings. The van der Waals surface area contributed by atoms with E-state index in [4.69, 9.17) is 37.9 Å². The molecule has 0 radical (unpaired) electrons. The maximum Gasteiger partial charge on any atom is 0.397 e. The van der Waals surface area contributed by atoms with Crippen molar-refractivity contribution in [1.29, 1.82) is 0 Å². The maximum atomic E-state index is 14.0. The van der Waals surface area contributed by atoms with E-state index in [1.807, 2.05) is 0 Å². The average molecular weight is 1140 g/mol. The largest absolute Gasteiger partial charge is 0.493 e. The molecule has 4 saturated heterocycles. The summed E-state index contributed by atoms with van der Waals surface area (Å²) in [5.74, 6) is -3.05. The fraction of sp³-hybridized carbons (Fsp3) is 0.750. The van der Waals surface area contributed by atoms with Gasteiger partial charge in [-0.15, -0.1) is 0 Å². The molecule has 29 nitrogen and oxygen atoms in total. The molecule has 1 aromatic carbocycles. The number of hydrogen-bond acceptors (Lipinski definition) is 24. The van der Waals surface area contributed by atoms with Crippen LogP contribution in [-0.2, 0) is 62.1 Å². The van der Waals surface area contributed by atoms with Crippen molar-refractivity contribution < 1.29 is 120 Å². The summed E-state index contributed by atoms with van der Waals surface area (Å²) in [6.07, 6.45) is -18.4. The summed E-state index contributed by atoms with van der Waals surface area (Å²) in [7, 11) is -5.16. The van der Waals surface area contributed by atoms with Crippen LogP contribution in [0.4, 0.5) is 0 Å². The molecule has 4 aliphatic rings. The highest BCUT2D eigenvalue weighted by molar-refractivity contribution is 7.80. The van der Waals surface area contributed by atoms with Gasteiger partial charge in [0.05, 0.1) is 38.6 Å². The van der Waals surface area contributed by atoms with Gasteiger partial charge in [-0.3, -0.25) is 23.7 Å². The first-order valence-corrected chi connectivity index (χ1v) is 27.0. The summed E-state index contributed by atoms with van der Waals surface area (Å²) in [5, 5.41) is 109. The third-order valence-electron chi connectivity index (χ3n) is 13.2. The minimum Gasteiger partial charge on any atom is -0.493 e. The Hall–Kier alpha value is -4.13. The second-order valence-corrected chi connectivity index (χ2v) is 20.3. The number of para-hydroxylation sites is 1. The van der Waals surface area contributed by atoms with Gasteiger partial charge in [-0.2, -0.15) is 8.42 Å². The number of rotatable bonds is 27. The molecule has 14 N–H and O–H groups in total. The van der Waals surface area contributed by atoms with Crippen LogP contribution in [-0.4, -0.2) is 238 Å². The van der Waals surface area contributed by atoms with Gasteiger partial charge in [0, 0.05) is 20.8 Å². The second kappa shape index (κ2) is 30.6. The molecule has 0 aliphatic carbocycles. The van der Waals surface area contributed by atoms with Crippen LogP contribution in [0.25, 0.3) is 0 Å². The summed E-state index contributed by atoms with van der Waals surface area (Å²) < 4.78 is 84.1. The lowest BCUT2D eigenvalue weighted by molar-refractivity contribution is -0.361. The summed E-state index contributed by atoms with van der Waals surface area (Å²) in [6, 6.07) is -0.578. The van der Waals surface area contributed by atoms with Crippen molar-refractivity contribution in [3.63, 3.8) is 0 Å². The fourth-order valence-corrected chi connectivity index (χ4v) is 9.70. The van der Waals surface area contributed by atoms with Gasteiger partial charge < -0.3 is 105 Å². The predicted octanol–water partition coefficient (Wildman–Crippen LogP) is -4.37. The molecule has 5 rings (SSSR count). The third kappa shape index (κ3) is 17.7. The number of unbranched alkanes of at least 4 members (excludes halogenated alkanes) is 5. The van der Waals surface area contributed by atoms with Crippen molar-refractivity contribution in [1.82, 2.24) is 21.3 Å². The Morgan fingerprint density at radius 1 is 0.577 bits per heavy atom. The van der Waals surface area contributed by atoms with E-state index in [0.29, 0.717) is 6.42 Å². The third-order valence-corrected chi connectivity index (χ3v) is 13.7. The SMILES string of the molecule is CCCCCC/C=C\CCCOc1ccccc1C(=O)NC1[C@H](O[C@@H]2C(CO)O[C@@H](O[C@@H]3C(CO)O[C@@H](O[C@@H]4C(COS(=O)(=O)O)O[C@@H](O)C(NC(C)=O)C4O)C(NC(C)=O)[C@H]3O)C(NC(C)=O)C2O)OC(CO)[C@@H](O)[C@@H]1O. The van der Waals surface area contributed by atoms with E-state index in [9.17, 15) is 78.1 Å². The van der Waals surface area contributed by atoms with E-state index in [-0.39, 0.29) is 17.9 Å². The molecular weight excluding hydrogens is 1060 g/mol. The molecule has 444 valence electrons. The van der Waals surface area contributed by atoms with Crippen molar-refractivity contribution in [3.8, 4) is 5.75 Å². The molecule has 4 heterocycles. The van der Waals surface area contributed by atoms with Gasteiger partial charge in [-0.05, 0) is 37.8 Å². The van der Waals surface area contributed by atoms with Gasteiger partial charge in [0.15, 0.2) is 25.2 Å². The van der Waals surface area contributed by atoms with Crippen molar-refractivity contribution in [2.45, 2.75) is 195 Å². The Morgan fingerprint density at radius 2 is 1.04 bits per heavy atom. The van der Waals surface area contributed by atoms with Crippen molar-refractivity contribution >= 4 is 34.0 Å². The van der Waals surface area contributed by atoms with Gasteiger partial charge in [0.2, 0.25) is 17.7 Å². The van der Waals surface area contributed by atoms with E-state index >= 15 is 0 Å². The quantitative estimate of drug-likeness (QED) is 0.0225. The van der Waals surface area contributed by atoms with Crippen LogP contribution in [0.15, 0.2) is 36.4 Å². The number of aliphatic hydroxyl groups is 9. The average Bonchev–Trinajstić information content (AvgIpc) is 3.41. The van der Waals surface area contributed by atoms with Crippen LogP contribution in [0.5, 0.6) is 5.75 Å². The number of allylic oxidation sites excluding steroid dienone is 2. The number of ether oxygens (including phenoxy) is 8. The van der Waals surface area contributed by atoms with Crippen LogP contribution < -0.4 is 26.0 Å². The molecule has 1 aromatic rings. The number of carbonyl (C=O) groups excluding carboxylic acids is 4. The second-order valence-electron chi connectivity index (χ2n) is 19.2.